The van der Waals surface area contributed by atoms with E-state index in [1.807, 2.05) is 0 Å². The van der Waals surface area contributed by atoms with Crippen LogP contribution in [0.25, 0.3) is 0 Å². The molecule has 0 bridgehead atoms. The van der Waals surface area contributed by atoms with Gasteiger partial charge in [0.05, 0.1) is 11.7 Å². The van der Waals surface area contributed by atoms with Crippen LogP contribution >= 0.6 is 12.2 Å². The minimum Gasteiger partial charge on any atom is -0.352 e. The number of aliphatic imine (C=N–C) groups is 1. The van der Waals surface area contributed by atoms with Crippen molar-refractivity contribution in [3.05, 3.63) is 12.2 Å². The maximum absolute atomic E-state index is 10.9. The Kier molecular flexibility index (Phi) is 6.15. The number of rotatable bonds is 5. The minimum absolute atomic E-state index is 0.110. The van der Waals surface area contributed by atoms with Crippen LogP contribution in [0.4, 0.5) is 0 Å². The molecule has 66 valence electrons. The Labute approximate surface area is 77.6 Å². The summed E-state index contributed by atoms with van der Waals surface area (Å²) in [7, 11) is 0. The molecule has 0 radical (unpaired) electrons. The van der Waals surface area contributed by atoms with Crippen LogP contribution in [-0.2, 0) is 4.79 Å². The fourth-order valence-corrected chi connectivity index (χ4v) is 0.648. The van der Waals surface area contributed by atoms with Gasteiger partial charge < -0.3 is 5.32 Å². The fraction of sp³-hybridized carbons (Fsp3) is 0.500. The Morgan fingerprint density at radius 3 is 2.92 bits per heavy atom. The first-order valence-electron chi connectivity index (χ1n) is 3.66. The normalized spacial score (nSPS) is 8.42. The highest BCUT2D eigenvalue weighted by Crippen LogP contribution is 1.85. The van der Waals surface area contributed by atoms with Gasteiger partial charge in [-0.1, -0.05) is 6.58 Å². The SMILES string of the molecule is C=C(C)C(=O)NCCCN=C=S. The van der Waals surface area contributed by atoms with Crippen molar-refractivity contribution in [2.75, 3.05) is 13.1 Å². The number of hydrogen-bond acceptors (Lipinski definition) is 3. The first-order valence-corrected chi connectivity index (χ1v) is 4.06. The van der Waals surface area contributed by atoms with Crippen molar-refractivity contribution in [3.8, 4) is 0 Å². The molecule has 1 N–H and O–H groups in total. The van der Waals surface area contributed by atoms with Gasteiger partial charge in [0.25, 0.3) is 0 Å². The second-order valence-corrected chi connectivity index (χ2v) is 2.55. The third-order valence-electron chi connectivity index (χ3n) is 1.18. The Hall–Kier alpha value is -0.990. The van der Waals surface area contributed by atoms with Gasteiger partial charge in [0.15, 0.2) is 0 Å². The molecule has 0 saturated heterocycles. The van der Waals surface area contributed by atoms with Gasteiger partial charge in [0.2, 0.25) is 5.91 Å². The monoisotopic (exact) mass is 184 g/mol. The standard InChI is InChI=1S/C8H12N2OS/c1-7(2)8(11)10-5-3-4-9-6-12/h1,3-5H2,2H3,(H,10,11). The number of amides is 1. The largest absolute Gasteiger partial charge is 0.352 e. The van der Waals surface area contributed by atoms with Gasteiger partial charge >= 0.3 is 0 Å². The highest BCUT2D eigenvalue weighted by molar-refractivity contribution is 7.78. The Morgan fingerprint density at radius 2 is 2.42 bits per heavy atom. The molecule has 4 heteroatoms. The van der Waals surface area contributed by atoms with Crippen LogP contribution in [0.3, 0.4) is 0 Å². The second-order valence-electron chi connectivity index (χ2n) is 2.36. The van der Waals surface area contributed by atoms with E-state index in [1.54, 1.807) is 6.92 Å². The lowest BCUT2D eigenvalue weighted by Gasteiger charge is -2.01. The fourth-order valence-electron chi connectivity index (χ4n) is 0.557. The molecule has 0 spiro atoms. The minimum atomic E-state index is -0.110. The number of carbonyl (C=O) groups is 1. The number of isothiocyanates is 1. The molecule has 0 fully saturated rings. The van der Waals surface area contributed by atoms with E-state index in [9.17, 15) is 4.79 Å². The van der Waals surface area contributed by atoms with Gasteiger partial charge in [-0.3, -0.25) is 4.79 Å². The molecule has 0 aliphatic rings. The molecule has 0 aliphatic carbocycles. The lowest BCUT2D eigenvalue weighted by molar-refractivity contribution is -0.117. The van der Waals surface area contributed by atoms with Gasteiger partial charge in [0, 0.05) is 12.1 Å². The summed E-state index contributed by atoms with van der Waals surface area (Å²) < 4.78 is 0. The van der Waals surface area contributed by atoms with Crippen LogP contribution in [0.1, 0.15) is 13.3 Å². The second kappa shape index (κ2) is 6.70. The summed E-state index contributed by atoms with van der Waals surface area (Å²) >= 11 is 4.38. The summed E-state index contributed by atoms with van der Waals surface area (Å²) in [5.74, 6) is -0.110. The Balaban J connectivity index is 3.37. The van der Waals surface area contributed by atoms with Gasteiger partial charge in [-0.25, -0.2) is 4.99 Å². The first kappa shape index (κ1) is 11.0. The van der Waals surface area contributed by atoms with Crippen molar-refractivity contribution in [2.45, 2.75) is 13.3 Å². The predicted molar refractivity (Wildman–Crippen MR) is 52.3 cm³/mol. The van der Waals surface area contributed by atoms with Gasteiger partial charge in [-0.15, -0.1) is 0 Å². The number of thiocarbonyl (C=S) groups is 1. The average Bonchev–Trinajstić information content (AvgIpc) is 2.03. The maximum Gasteiger partial charge on any atom is 0.246 e. The summed E-state index contributed by atoms with van der Waals surface area (Å²) in [5, 5.41) is 4.94. The summed E-state index contributed by atoms with van der Waals surface area (Å²) in [6.45, 7) is 6.39. The quantitative estimate of drug-likeness (QED) is 0.301. The van der Waals surface area contributed by atoms with E-state index in [2.05, 4.69) is 34.3 Å². The highest BCUT2D eigenvalue weighted by Gasteiger charge is 1.98. The zero-order valence-corrected chi connectivity index (χ0v) is 7.91. The summed E-state index contributed by atoms with van der Waals surface area (Å²) in [6, 6.07) is 0. The van der Waals surface area contributed by atoms with Crippen molar-refractivity contribution < 1.29 is 4.79 Å². The number of carbonyl (C=O) groups excluding carboxylic acids is 1. The zero-order chi connectivity index (χ0) is 9.40. The van der Waals surface area contributed by atoms with E-state index >= 15 is 0 Å². The van der Waals surface area contributed by atoms with Crippen molar-refractivity contribution in [1.29, 1.82) is 0 Å². The lowest BCUT2D eigenvalue weighted by Crippen LogP contribution is -2.25. The van der Waals surface area contributed by atoms with Crippen LogP contribution < -0.4 is 5.32 Å². The smallest absolute Gasteiger partial charge is 0.246 e. The molecule has 3 nitrogen and oxygen atoms in total. The molecule has 12 heavy (non-hydrogen) atoms. The molecule has 0 saturated carbocycles. The van der Waals surface area contributed by atoms with Crippen molar-refractivity contribution in [2.24, 2.45) is 4.99 Å². The molecular formula is C8H12N2OS. The van der Waals surface area contributed by atoms with E-state index in [0.29, 0.717) is 18.7 Å². The molecule has 0 aromatic rings. The highest BCUT2D eigenvalue weighted by atomic mass is 32.1. The Bertz CT molecular complexity index is 219. The van der Waals surface area contributed by atoms with E-state index in [4.69, 9.17) is 0 Å². The lowest BCUT2D eigenvalue weighted by atomic mass is 10.3. The van der Waals surface area contributed by atoms with E-state index in [-0.39, 0.29) is 5.91 Å². The van der Waals surface area contributed by atoms with Crippen LogP contribution in [0, 0.1) is 0 Å². The molecule has 1 amide bonds. The molecule has 0 aromatic carbocycles. The maximum atomic E-state index is 10.9. The number of hydrogen-bond donors (Lipinski definition) is 1. The average molecular weight is 184 g/mol. The van der Waals surface area contributed by atoms with Crippen LogP contribution in [-0.4, -0.2) is 24.2 Å². The van der Waals surface area contributed by atoms with Gasteiger partial charge in [-0.05, 0) is 25.6 Å². The van der Waals surface area contributed by atoms with E-state index in [1.165, 1.54) is 0 Å². The van der Waals surface area contributed by atoms with Gasteiger partial charge in [-0.2, -0.15) is 0 Å². The Morgan fingerprint density at radius 1 is 1.75 bits per heavy atom. The van der Waals surface area contributed by atoms with Crippen LogP contribution in [0.15, 0.2) is 17.1 Å². The third-order valence-corrected chi connectivity index (χ3v) is 1.31. The van der Waals surface area contributed by atoms with E-state index < -0.39 is 0 Å². The molecule has 0 atom stereocenters. The summed E-state index contributed by atoms with van der Waals surface area (Å²) in [5.41, 5.74) is 0.522. The molecule has 0 rings (SSSR count). The van der Waals surface area contributed by atoms with Crippen molar-refractivity contribution >= 4 is 23.3 Å². The summed E-state index contributed by atoms with van der Waals surface area (Å²) in [4.78, 5) is 14.6. The topological polar surface area (TPSA) is 41.5 Å². The molecule has 0 heterocycles. The molecule has 0 aromatic heterocycles. The first-order chi connectivity index (χ1) is 5.68. The van der Waals surface area contributed by atoms with E-state index in [0.717, 1.165) is 6.42 Å². The van der Waals surface area contributed by atoms with Gasteiger partial charge in [0.1, 0.15) is 0 Å². The number of nitrogens with zero attached hydrogens (tertiary/aromatic N) is 1. The molecule has 0 unspecified atom stereocenters. The predicted octanol–water partition coefficient (Wildman–Crippen LogP) is 1.17. The number of nitrogens with one attached hydrogen (secondary N) is 1. The van der Waals surface area contributed by atoms with Crippen molar-refractivity contribution in [1.82, 2.24) is 5.32 Å². The van der Waals surface area contributed by atoms with Crippen molar-refractivity contribution in [3.63, 3.8) is 0 Å². The zero-order valence-electron chi connectivity index (χ0n) is 7.09. The molecule has 0 aliphatic heterocycles. The summed E-state index contributed by atoms with van der Waals surface area (Å²) in [6.07, 6.45) is 0.780. The molecular weight excluding hydrogens is 172 g/mol. The van der Waals surface area contributed by atoms with Crippen LogP contribution in [0.2, 0.25) is 0 Å². The third kappa shape index (κ3) is 5.77. The van der Waals surface area contributed by atoms with Crippen LogP contribution in [0.5, 0.6) is 0 Å².